The minimum Gasteiger partial charge on any atom is -0.494 e. The second-order valence-electron chi connectivity index (χ2n) is 6.23. The minimum absolute atomic E-state index is 0.0931. The number of aromatic nitrogens is 1. The number of benzene rings is 1. The molecule has 1 heterocycles. The summed E-state index contributed by atoms with van der Waals surface area (Å²) in [5.74, 6) is 0.452. The molecule has 2 amide bonds. The summed E-state index contributed by atoms with van der Waals surface area (Å²) in [7, 11) is 1.60. The third kappa shape index (κ3) is 7.03. The first-order valence-electron chi connectivity index (χ1n) is 9.35. The first-order chi connectivity index (χ1) is 13.6. The van der Waals surface area contributed by atoms with Gasteiger partial charge in [0.1, 0.15) is 18.6 Å². The maximum absolute atomic E-state index is 12.9. The van der Waals surface area contributed by atoms with Gasteiger partial charge in [-0.1, -0.05) is 18.5 Å². The molecule has 0 bridgehead atoms. The first kappa shape index (κ1) is 21.4. The molecular formula is C20H27N3O5. The van der Waals surface area contributed by atoms with E-state index in [0.717, 1.165) is 18.6 Å². The van der Waals surface area contributed by atoms with E-state index in [0.29, 0.717) is 37.6 Å². The largest absolute Gasteiger partial charge is 0.494 e. The second-order valence-corrected chi connectivity index (χ2v) is 6.23. The van der Waals surface area contributed by atoms with E-state index >= 15 is 0 Å². The van der Waals surface area contributed by atoms with Crippen LogP contribution in [0.4, 0.5) is 5.82 Å². The molecule has 2 rings (SSSR count). The van der Waals surface area contributed by atoms with Crippen molar-refractivity contribution in [3.63, 3.8) is 0 Å². The molecule has 0 unspecified atom stereocenters. The van der Waals surface area contributed by atoms with Crippen molar-refractivity contribution >= 4 is 17.6 Å². The standard InChI is InChI=1S/C20H27N3O5/c1-3-4-13-27-17-8-6-16(7-9-17)20(25)23(11-5-12-26-2)15-19(24)21-18-10-14-28-22-18/h6-10,14H,3-5,11-13,15H2,1-2H3,(H,21,22,24). The third-order valence-electron chi connectivity index (χ3n) is 3.97. The Labute approximate surface area is 164 Å². The van der Waals surface area contributed by atoms with E-state index in [2.05, 4.69) is 21.9 Å². The Bertz CT molecular complexity index is 716. The van der Waals surface area contributed by atoms with Crippen LogP contribution in [0.25, 0.3) is 0 Å². The van der Waals surface area contributed by atoms with Gasteiger partial charge in [0.05, 0.1) is 6.61 Å². The fourth-order valence-corrected chi connectivity index (χ4v) is 2.50. The monoisotopic (exact) mass is 389 g/mol. The average Bonchev–Trinajstić information content (AvgIpc) is 3.20. The Morgan fingerprint density at radius 1 is 1.14 bits per heavy atom. The second kappa shape index (κ2) is 11.8. The highest BCUT2D eigenvalue weighted by Gasteiger charge is 2.19. The quantitative estimate of drug-likeness (QED) is 0.561. The van der Waals surface area contributed by atoms with Crippen molar-refractivity contribution in [2.75, 3.05) is 38.7 Å². The van der Waals surface area contributed by atoms with Gasteiger partial charge >= 0.3 is 0 Å². The topological polar surface area (TPSA) is 93.9 Å². The zero-order valence-electron chi connectivity index (χ0n) is 16.3. The highest BCUT2D eigenvalue weighted by Crippen LogP contribution is 2.15. The molecule has 152 valence electrons. The van der Waals surface area contributed by atoms with Crippen LogP contribution in [-0.2, 0) is 9.53 Å². The number of hydrogen-bond donors (Lipinski definition) is 1. The Morgan fingerprint density at radius 3 is 2.57 bits per heavy atom. The van der Waals surface area contributed by atoms with Gasteiger partial charge in [0.2, 0.25) is 5.91 Å². The molecule has 0 aliphatic carbocycles. The SMILES string of the molecule is CCCCOc1ccc(C(=O)N(CCCOC)CC(=O)Nc2ccon2)cc1. The minimum atomic E-state index is -0.348. The molecular weight excluding hydrogens is 362 g/mol. The normalized spacial score (nSPS) is 10.5. The van der Waals surface area contributed by atoms with Crippen molar-refractivity contribution in [2.45, 2.75) is 26.2 Å². The van der Waals surface area contributed by atoms with Crippen molar-refractivity contribution in [1.29, 1.82) is 0 Å². The number of nitrogens with one attached hydrogen (secondary N) is 1. The molecule has 8 heteroatoms. The zero-order chi connectivity index (χ0) is 20.2. The summed E-state index contributed by atoms with van der Waals surface area (Å²) in [5.41, 5.74) is 0.495. The Balaban J connectivity index is 1.99. The van der Waals surface area contributed by atoms with Crippen LogP contribution < -0.4 is 10.1 Å². The van der Waals surface area contributed by atoms with Gasteiger partial charge in [-0.3, -0.25) is 9.59 Å². The number of methoxy groups -OCH3 is 1. The number of hydrogen-bond acceptors (Lipinski definition) is 6. The van der Waals surface area contributed by atoms with E-state index in [-0.39, 0.29) is 18.4 Å². The van der Waals surface area contributed by atoms with Crippen molar-refractivity contribution in [3.8, 4) is 5.75 Å². The summed E-state index contributed by atoms with van der Waals surface area (Å²) in [6.45, 7) is 3.55. The van der Waals surface area contributed by atoms with Crippen molar-refractivity contribution in [2.24, 2.45) is 0 Å². The van der Waals surface area contributed by atoms with Crippen LogP contribution in [0.2, 0.25) is 0 Å². The number of carbonyl (C=O) groups excluding carboxylic acids is 2. The highest BCUT2D eigenvalue weighted by atomic mass is 16.5. The zero-order valence-corrected chi connectivity index (χ0v) is 16.3. The molecule has 0 spiro atoms. The van der Waals surface area contributed by atoms with E-state index < -0.39 is 0 Å². The summed E-state index contributed by atoms with van der Waals surface area (Å²) in [5, 5.41) is 6.24. The first-order valence-corrected chi connectivity index (χ1v) is 9.35. The number of carbonyl (C=O) groups is 2. The predicted octanol–water partition coefficient (Wildman–Crippen LogP) is 2.97. The van der Waals surface area contributed by atoms with Crippen LogP contribution in [0, 0.1) is 0 Å². The third-order valence-corrected chi connectivity index (χ3v) is 3.97. The lowest BCUT2D eigenvalue weighted by Gasteiger charge is -2.22. The predicted molar refractivity (Wildman–Crippen MR) is 104 cm³/mol. The van der Waals surface area contributed by atoms with Crippen LogP contribution >= 0.6 is 0 Å². The average molecular weight is 389 g/mol. The maximum atomic E-state index is 12.9. The molecule has 1 aromatic heterocycles. The van der Waals surface area contributed by atoms with Crippen LogP contribution in [0.15, 0.2) is 41.1 Å². The number of amides is 2. The van der Waals surface area contributed by atoms with Crippen molar-refractivity contribution in [1.82, 2.24) is 10.1 Å². The van der Waals surface area contributed by atoms with E-state index in [4.69, 9.17) is 9.47 Å². The molecule has 8 nitrogen and oxygen atoms in total. The molecule has 1 aromatic carbocycles. The van der Waals surface area contributed by atoms with Gasteiger partial charge in [0, 0.05) is 31.9 Å². The number of anilines is 1. The molecule has 0 fully saturated rings. The van der Waals surface area contributed by atoms with E-state index in [9.17, 15) is 9.59 Å². The summed E-state index contributed by atoms with van der Waals surface area (Å²) in [6.07, 6.45) is 4.02. The number of ether oxygens (including phenoxy) is 2. The van der Waals surface area contributed by atoms with Gasteiger partial charge in [0.15, 0.2) is 5.82 Å². The highest BCUT2D eigenvalue weighted by molar-refractivity contribution is 5.99. The number of rotatable bonds is 12. The summed E-state index contributed by atoms with van der Waals surface area (Å²) in [4.78, 5) is 26.6. The smallest absolute Gasteiger partial charge is 0.254 e. The molecule has 0 aliphatic rings. The number of nitrogens with zero attached hydrogens (tertiary/aromatic N) is 2. The Hall–Kier alpha value is -2.87. The summed E-state index contributed by atoms with van der Waals surface area (Å²) >= 11 is 0. The van der Waals surface area contributed by atoms with Gasteiger partial charge < -0.3 is 24.2 Å². The van der Waals surface area contributed by atoms with Crippen LogP contribution in [0.5, 0.6) is 5.75 Å². The van der Waals surface area contributed by atoms with Gasteiger partial charge in [-0.05, 0) is 37.1 Å². The lowest BCUT2D eigenvalue weighted by Crippen LogP contribution is -2.39. The maximum Gasteiger partial charge on any atom is 0.254 e. The van der Waals surface area contributed by atoms with E-state index in [1.807, 2.05) is 0 Å². The van der Waals surface area contributed by atoms with Crippen LogP contribution in [0.3, 0.4) is 0 Å². The van der Waals surface area contributed by atoms with Crippen molar-refractivity contribution in [3.05, 3.63) is 42.2 Å². The molecule has 0 saturated heterocycles. The van der Waals surface area contributed by atoms with Crippen molar-refractivity contribution < 1.29 is 23.6 Å². The summed E-state index contributed by atoms with van der Waals surface area (Å²) in [6, 6.07) is 8.49. The van der Waals surface area contributed by atoms with E-state index in [1.165, 1.54) is 17.2 Å². The number of unbranched alkanes of at least 4 members (excludes halogenated alkanes) is 1. The fourth-order valence-electron chi connectivity index (χ4n) is 2.50. The molecule has 0 radical (unpaired) electrons. The van der Waals surface area contributed by atoms with Gasteiger partial charge in [-0.25, -0.2) is 0 Å². The molecule has 1 N–H and O–H groups in total. The lowest BCUT2D eigenvalue weighted by atomic mass is 10.2. The van der Waals surface area contributed by atoms with Crippen LogP contribution in [-0.4, -0.2) is 55.3 Å². The molecule has 2 aromatic rings. The lowest BCUT2D eigenvalue weighted by molar-refractivity contribution is -0.117. The Kier molecular flexibility index (Phi) is 9.00. The van der Waals surface area contributed by atoms with Crippen LogP contribution in [0.1, 0.15) is 36.5 Å². The van der Waals surface area contributed by atoms with E-state index in [1.54, 1.807) is 31.4 Å². The van der Waals surface area contributed by atoms with Gasteiger partial charge in [-0.2, -0.15) is 0 Å². The fraction of sp³-hybridized carbons (Fsp3) is 0.450. The molecule has 28 heavy (non-hydrogen) atoms. The Morgan fingerprint density at radius 2 is 1.93 bits per heavy atom. The molecule has 0 saturated carbocycles. The molecule has 0 atom stereocenters. The molecule has 0 aliphatic heterocycles. The van der Waals surface area contributed by atoms with Gasteiger partial charge in [0.25, 0.3) is 5.91 Å². The van der Waals surface area contributed by atoms with Gasteiger partial charge in [-0.15, -0.1) is 0 Å². The summed E-state index contributed by atoms with van der Waals surface area (Å²) < 4.78 is 15.4.